The predicted molar refractivity (Wildman–Crippen MR) is 230 cm³/mol. The van der Waals surface area contributed by atoms with E-state index >= 15 is 0 Å². The van der Waals surface area contributed by atoms with Crippen LogP contribution in [0.1, 0.15) is 233 Å². The first-order valence-electron chi connectivity index (χ1n) is 23.5. The van der Waals surface area contributed by atoms with Gasteiger partial charge in [-0.05, 0) is 44.4 Å². The lowest BCUT2D eigenvalue weighted by atomic mass is 9.99. The minimum atomic E-state index is -4.76. The average Bonchev–Trinajstić information content (AvgIpc) is 3.93. The third kappa shape index (κ3) is 35.9. The highest BCUT2D eigenvalue weighted by atomic mass is 31.2. The second-order valence-electron chi connectivity index (χ2n) is 16.7. The van der Waals surface area contributed by atoms with E-state index in [0.29, 0.717) is 25.0 Å². The highest BCUT2D eigenvalue weighted by Gasteiger charge is 2.36. The summed E-state index contributed by atoms with van der Waals surface area (Å²) < 4.78 is 32.2. The summed E-state index contributed by atoms with van der Waals surface area (Å²) in [5.41, 5.74) is 0. The van der Waals surface area contributed by atoms with Crippen molar-refractivity contribution >= 4 is 19.8 Å². The normalized spacial score (nSPS) is 16.7. The van der Waals surface area contributed by atoms with Gasteiger partial charge in [0, 0.05) is 12.8 Å². The lowest BCUT2D eigenvalue weighted by Gasteiger charge is -2.18. The molecular formula is C46H87O9P. The van der Waals surface area contributed by atoms with Crippen LogP contribution >= 0.6 is 7.82 Å². The molecule has 0 radical (unpaired) electrons. The molecule has 1 saturated heterocycles. The number of ether oxygens (including phenoxy) is 3. The fourth-order valence-corrected chi connectivity index (χ4v) is 7.60. The molecule has 1 aliphatic heterocycles. The summed E-state index contributed by atoms with van der Waals surface area (Å²) in [6, 6.07) is 0. The highest BCUT2D eigenvalue weighted by molar-refractivity contribution is 7.46. The standard InChI is InChI=1S/C46H87O9P/c1-4-6-29-35-43-44(55-43)36-31-26-22-19-20-23-27-32-37-45(47)52-39-42(40-53-56(49,50)51)54-46(48)38-33-28-24-18-16-14-12-10-8-7-9-11-13-15-17-21-25-30-34-41(3)5-2/h26,31,41-44H,4-25,27-30,32-40H2,1-3H3,(H2,49,50,51)/b31-26-/t41?,42-,43?,44?/m1/s1. The maximum Gasteiger partial charge on any atom is 0.469 e. The highest BCUT2D eigenvalue weighted by Crippen LogP contribution is 2.36. The van der Waals surface area contributed by atoms with Gasteiger partial charge in [-0.2, -0.15) is 0 Å². The van der Waals surface area contributed by atoms with Gasteiger partial charge >= 0.3 is 19.8 Å². The molecule has 0 aromatic heterocycles. The molecule has 2 N–H and O–H groups in total. The zero-order chi connectivity index (χ0) is 41.0. The van der Waals surface area contributed by atoms with E-state index in [0.717, 1.165) is 63.7 Å². The second kappa shape index (κ2) is 36.8. The number of rotatable bonds is 42. The van der Waals surface area contributed by atoms with E-state index in [1.807, 2.05) is 0 Å². The molecule has 10 heteroatoms. The van der Waals surface area contributed by atoms with Gasteiger partial charge in [0.25, 0.3) is 0 Å². The van der Waals surface area contributed by atoms with Crippen LogP contribution in [0.3, 0.4) is 0 Å². The molecule has 3 unspecified atom stereocenters. The molecule has 1 fully saturated rings. The van der Waals surface area contributed by atoms with Crippen LogP contribution in [-0.4, -0.2) is 53.3 Å². The van der Waals surface area contributed by atoms with Crippen LogP contribution in [0.4, 0.5) is 0 Å². The molecule has 0 spiro atoms. The monoisotopic (exact) mass is 815 g/mol. The summed E-state index contributed by atoms with van der Waals surface area (Å²) in [5.74, 6) is 0.00435. The number of hydrogen-bond acceptors (Lipinski definition) is 7. The first kappa shape index (κ1) is 52.8. The van der Waals surface area contributed by atoms with Crippen LogP contribution in [0.5, 0.6) is 0 Å². The van der Waals surface area contributed by atoms with Crippen molar-refractivity contribution in [1.29, 1.82) is 0 Å². The Morgan fingerprint density at radius 1 is 0.625 bits per heavy atom. The summed E-state index contributed by atoms with van der Waals surface area (Å²) >= 11 is 0. The Kier molecular flexibility index (Phi) is 34.7. The van der Waals surface area contributed by atoms with Gasteiger partial charge in [-0.25, -0.2) is 4.57 Å². The van der Waals surface area contributed by atoms with Crippen LogP contribution in [0.15, 0.2) is 12.2 Å². The summed E-state index contributed by atoms with van der Waals surface area (Å²) in [6.45, 7) is 6.06. The van der Waals surface area contributed by atoms with E-state index in [2.05, 4.69) is 37.4 Å². The first-order chi connectivity index (χ1) is 27.1. The Hall–Kier alpha value is -1.25. The van der Waals surface area contributed by atoms with E-state index in [-0.39, 0.29) is 19.4 Å². The predicted octanol–water partition coefficient (Wildman–Crippen LogP) is 13.4. The molecule has 0 aliphatic carbocycles. The molecule has 0 aromatic carbocycles. The van der Waals surface area contributed by atoms with Gasteiger partial charge in [0.2, 0.25) is 0 Å². The molecule has 1 heterocycles. The van der Waals surface area contributed by atoms with Crippen molar-refractivity contribution in [2.24, 2.45) is 5.92 Å². The number of phosphoric ester groups is 1. The topological polar surface area (TPSA) is 132 Å². The molecule has 4 atom stereocenters. The molecule has 0 saturated carbocycles. The van der Waals surface area contributed by atoms with Gasteiger partial charge in [-0.3, -0.25) is 14.1 Å². The van der Waals surface area contributed by atoms with Gasteiger partial charge in [-0.15, -0.1) is 0 Å². The molecule has 0 amide bonds. The molecular weight excluding hydrogens is 727 g/mol. The van der Waals surface area contributed by atoms with Gasteiger partial charge in [0.1, 0.15) is 6.61 Å². The molecule has 330 valence electrons. The van der Waals surface area contributed by atoms with Crippen LogP contribution in [-0.2, 0) is 32.9 Å². The maximum atomic E-state index is 12.5. The molecule has 0 aromatic rings. The fraction of sp³-hybridized carbons (Fsp3) is 0.913. The van der Waals surface area contributed by atoms with Crippen molar-refractivity contribution in [3.63, 3.8) is 0 Å². The molecule has 1 rings (SSSR count). The van der Waals surface area contributed by atoms with E-state index < -0.39 is 32.5 Å². The minimum Gasteiger partial charge on any atom is -0.462 e. The van der Waals surface area contributed by atoms with Crippen molar-refractivity contribution in [2.75, 3.05) is 13.2 Å². The van der Waals surface area contributed by atoms with Crippen molar-refractivity contribution in [1.82, 2.24) is 0 Å². The zero-order valence-corrected chi connectivity index (χ0v) is 37.3. The van der Waals surface area contributed by atoms with Crippen molar-refractivity contribution in [3.8, 4) is 0 Å². The molecule has 1 aliphatic rings. The maximum absolute atomic E-state index is 12.5. The third-order valence-corrected chi connectivity index (χ3v) is 11.7. The number of phosphoric acid groups is 1. The third-order valence-electron chi connectivity index (χ3n) is 11.2. The van der Waals surface area contributed by atoms with E-state index in [1.54, 1.807) is 0 Å². The molecule has 9 nitrogen and oxygen atoms in total. The van der Waals surface area contributed by atoms with Crippen molar-refractivity contribution < 1.29 is 42.7 Å². The molecule has 56 heavy (non-hydrogen) atoms. The second-order valence-corrected chi connectivity index (χ2v) is 18.0. The summed E-state index contributed by atoms with van der Waals surface area (Å²) in [5, 5.41) is 0. The van der Waals surface area contributed by atoms with Crippen molar-refractivity contribution in [3.05, 3.63) is 12.2 Å². The Morgan fingerprint density at radius 2 is 1.12 bits per heavy atom. The van der Waals surface area contributed by atoms with E-state index in [9.17, 15) is 14.2 Å². The van der Waals surface area contributed by atoms with Crippen LogP contribution < -0.4 is 0 Å². The first-order valence-corrected chi connectivity index (χ1v) is 25.0. The number of carbonyl (C=O) groups is 2. The number of unbranched alkanes of at least 4 members (excludes halogenated alkanes) is 24. The van der Waals surface area contributed by atoms with E-state index in [1.165, 1.54) is 128 Å². The number of esters is 2. The largest absolute Gasteiger partial charge is 0.469 e. The number of hydrogen-bond donors (Lipinski definition) is 2. The number of carbonyl (C=O) groups excluding carboxylic acids is 2. The lowest BCUT2D eigenvalue weighted by Crippen LogP contribution is -2.29. The zero-order valence-electron chi connectivity index (χ0n) is 36.4. The smallest absolute Gasteiger partial charge is 0.462 e. The van der Waals surface area contributed by atoms with Crippen molar-refractivity contribution in [2.45, 2.75) is 251 Å². The van der Waals surface area contributed by atoms with Gasteiger partial charge in [0.15, 0.2) is 6.10 Å². The van der Waals surface area contributed by atoms with Gasteiger partial charge in [0.05, 0.1) is 18.8 Å². The summed E-state index contributed by atoms with van der Waals surface area (Å²) in [7, 11) is -4.76. The van der Waals surface area contributed by atoms with Gasteiger partial charge < -0.3 is 24.0 Å². The fourth-order valence-electron chi connectivity index (χ4n) is 7.24. The Morgan fingerprint density at radius 3 is 1.64 bits per heavy atom. The Labute approximate surface area is 343 Å². The van der Waals surface area contributed by atoms with Crippen LogP contribution in [0, 0.1) is 5.92 Å². The Balaban J connectivity index is 1.99. The van der Waals surface area contributed by atoms with Crippen LogP contribution in [0.25, 0.3) is 0 Å². The van der Waals surface area contributed by atoms with Gasteiger partial charge in [-0.1, -0.05) is 193 Å². The molecule has 0 bridgehead atoms. The van der Waals surface area contributed by atoms with Crippen LogP contribution in [0.2, 0.25) is 0 Å². The number of epoxide rings is 1. The quantitative estimate of drug-likeness (QED) is 0.0203. The minimum absolute atomic E-state index is 0.211. The Bertz CT molecular complexity index is 999. The average molecular weight is 815 g/mol. The summed E-state index contributed by atoms with van der Waals surface area (Å²) in [4.78, 5) is 43.0. The number of allylic oxidation sites excluding steroid dienone is 1. The SMILES string of the molecule is CCCCCC1OC1C/C=C\CCCCCCCC(=O)OC[C@H](COP(=O)(O)O)OC(=O)CCCCCCCCCCCCCCCCCCCCC(C)CC. The van der Waals surface area contributed by atoms with E-state index in [4.69, 9.17) is 24.0 Å². The summed E-state index contributed by atoms with van der Waals surface area (Å²) in [6.07, 6.45) is 42.5. The lowest BCUT2D eigenvalue weighted by molar-refractivity contribution is -0.161.